The predicted octanol–water partition coefficient (Wildman–Crippen LogP) is 3.49. The summed E-state index contributed by atoms with van der Waals surface area (Å²) in [6.45, 7) is 2.15. The molecule has 0 aromatic carbocycles. The van der Waals surface area contributed by atoms with Crippen molar-refractivity contribution in [2.45, 2.75) is 51.9 Å². The number of rotatable bonds is 1. The standard InChI is InChI=1S/C13H20O/c1-2-11-12-8-6-4-3-5-7-10(12)9-13(11)14/h9,11-12H,2-8H2,1H3. The van der Waals surface area contributed by atoms with Gasteiger partial charge in [0.05, 0.1) is 0 Å². The monoisotopic (exact) mass is 192 g/mol. The Labute approximate surface area is 86.6 Å². The lowest BCUT2D eigenvalue weighted by atomic mass is 9.81. The molecule has 2 atom stereocenters. The van der Waals surface area contributed by atoms with Crippen LogP contribution in [0.25, 0.3) is 0 Å². The summed E-state index contributed by atoms with van der Waals surface area (Å²) >= 11 is 0. The third-order valence-corrected chi connectivity index (χ3v) is 3.83. The van der Waals surface area contributed by atoms with E-state index in [1.165, 1.54) is 44.1 Å². The summed E-state index contributed by atoms with van der Waals surface area (Å²) in [6.07, 6.45) is 10.8. The topological polar surface area (TPSA) is 17.1 Å². The minimum atomic E-state index is 0.336. The largest absolute Gasteiger partial charge is 0.295 e. The fourth-order valence-electron chi connectivity index (χ4n) is 3.03. The van der Waals surface area contributed by atoms with E-state index in [1.807, 2.05) is 6.08 Å². The Morgan fingerprint density at radius 2 is 2.07 bits per heavy atom. The van der Waals surface area contributed by atoms with Crippen molar-refractivity contribution in [3.63, 3.8) is 0 Å². The molecule has 0 bridgehead atoms. The van der Waals surface area contributed by atoms with E-state index < -0.39 is 0 Å². The molecule has 2 rings (SSSR count). The van der Waals surface area contributed by atoms with Crippen LogP contribution in [-0.4, -0.2) is 5.78 Å². The molecule has 78 valence electrons. The summed E-state index contributed by atoms with van der Waals surface area (Å²) in [7, 11) is 0. The Bertz CT molecular complexity index is 252. The zero-order valence-corrected chi connectivity index (χ0v) is 9.09. The first-order chi connectivity index (χ1) is 6.83. The lowest BCUT2D eigenvalue weighted by Crippen LogP contribution is -2.17. The van der Waals surface area contributed by atoms with Crippen molar-refractivity contribution in [1.29, 1.82) is 0 Å². The van der Waals surface area contributed by atoms with Crippen molar-refractivity contribution in [2.75, 3.05) is 0 Å². The molecule has 2 aliphatic rings. The predicted molar refractivity (Wildman–Crippen MR) is 58.1 cm³/mol. The lowest BCUT2D eigenvalue weighted by molar-refractivity contribution is -0.118. The molecule has 0 spiro atoms. The number of hydrogen-bond acceptors (Lipinski definition) is 1. The first-order valence-corrected chi connectivity index (χ1v) is 6.07. The van der Waals surface area contributed by atoms with Crippen LogP contribution in [0.3, 0.4) is 0 Å². The van der Waals surface area contributed by atoms with E-state index in [1.54, 1.807) is 0 Å². The van der Waals surface area contributed by atoms with Crippen molar-refractivity contribution >= 4 is 5.78 Å². The second-order valence-electron chi connectivity index (χ2n) is 4.70. The lowest BCUT2D eigenvalue weighted by Gasteiger charge is -2.23. The van der Waals surface area contributed by atoms with Gasteiger partial charge in [0.2, 0.25) is 0 Å². The van der Waals surface area contributed by atoms with E-state index >= 15 is 0 Å². The van der Waals surface area contributed by atoms with Crippen LogP contribution < -0.4 is 0 Å². The first-order valence-electron chi connectivity index (χ1n) is 6.07. The number of ketones is 1. The van der Waals surface area contributed by atoms with Gasteiger partial charge in [0, 0.05) is 5.92 Å². The van der Waals surface area contributed by atoms with Crippen molar-refractivity contribution in [1.82, 2.24) is 0 Å². The first kappa shape index (κ1) is 9.95. The van der Waals surface area contributed by atoms with Crippen molar-refractivity contribution < 1.29 is 4.79 Å². The molecule has 0 saturated heterocycles. The van der Waals surface area contributed by atoms with Crippen molar-refractivity contribution in [3.8, 4) is 0 Å². The zero-order chi connectivity index (χ0) is 9.97. The molecule has 2 unspecified atom stereocenters. The molecule has 1 heteroatoms. The highest BCUT2D eigenvalue weighted by Gasteiger charge is 2.34. The minimum Gasteiger partial charge on any atom is -0.295 e. The molecule has 0 N–H and O–H groups in total. The van der Waals surface area contributed by atoms with Crippen LogP contribution in [0.4, 0.5) is 0 Å². The highest BCUT2D eigenvalue weighted by molar-refractivity contribution is 5.95. The van der Waals surface area contributed by atoms with Crippen LogP contribution in [0, 0.1) is 11.8 Å². The molecule has 14 heavy (non-hydrogen) atoms. The van der Waals surface area contributed by atoms with Gasteiger partial charge in [0.15, 0.2) is 5.78 Å². The van der Waals surface area contributed by atoms with Crippen LogP contribution in [-0.2, 0) is 4.79 Å². The number of fused-ring (bicyclic) bond motifs is 1. The molecule has 1 saturated carbocycles. The molecule has 0 radical (unpaired) electrons. The normalized spacial score (nSPS) is 33.2. The molecule has 0 aromatic heterocycles. The van der Waals surface area contributed by atoms with E-state index in [4.69, 9.17) is 0 Å². The molecular formula is C13H20O. The van der Waals surface area contributed by atoms with Crippen molar-refractivity contribution in [3.05, 3.63) is 11.6 Å². The highest BCUT2D eigenvalue weighted by Crippen LogP contribution is 2.39. The maximum absolute atomic E-state index is 11.7. The van der Waals surface area contributed by atoms with Crippen molar-refractivity contribution in [2.24, 2.45) is 11.8 Å². The fraction of sp³-hybridized carbons (Fsp3) is 0.769. The molecular weight excluding hydrogens is 172 g/mol. The summed E-state index contributed by atoms with van der Waals surface area (Å²) in [4.78, 5) is 11.7. The zero-order valence-electron chi connectivity index (χ0n) is 9.09. The summed E-state index contributed by atoms with van der Waals surface area (Å²) in [5.41, 5.74) is 1.47. The van der Waals surface area contributed by atoms with Gasteiger partial charge in [0.25, 0.3) is 0 Å². The summed E-state index contributed by atoms with van der Waals surface area (Å²) in [5, 5.41) is 0. The Morgan fingerprint density at radius 3 is 2.86 bits per heavy atom. The van der Waals surface area contributed by atoms with Crippen LogP contribution in [0.5, 0.6) is 0 Å². The van der Waals surface area contributed by atoms with E-state index in [9.17, 15) is 4.79 Å². The summed E-state index contributed by atoms with van der Waals surface area (Å²) < 4.78 is 0. The Hall–Kier alpha value is -0.590. The van der Waals surface area contributed by atoms with E-state index in [-0.39, 0.29) is 0 Å². The molecule has 0 heterocycles. The smallest absolute Gasteiger partial charge is 0.159 e. The van der Waals surface area contributed by atoms with E-state index in [0.29, 0.717) is 17.6 Å². The maximum Gasteiger partial charge on any atom is 0.159 e. The Morgan fingerprint density at radius 1 is 1.29 bits per heavy atom. The average Bonchev–Trinajstić information content (AvgIpc) is 2.42. The number of allylic oxidation sites excluding steroid dienone is 2. The van der Waals surface area contributed by atoms with Gasteiger partial charge in [-0.3, -0.25) is 4.79 Å². The summed E-state index contributed by atoms with van der Waals surface area (Å²) in [6, 6.07) is 0. The van der Waals surface area contributed by atoms with E-state index in [2.05, 4.69) is 6.92 Å². The third-order valence-electron chi connectivity index (χ3n) is 3.83. The van der Waals surface area contributed by atoms with Gasteiger partial charge in [-0.2, -0.15) is 0 Å². The average molecular weight is 192 g/mol. The molecule has 2 aliphatic carbocycles. The number of hydrogen-bond donors (Lipinski definition) is 0. The van der Waals surface area contributed by atoms with Crippen LogP contribution >= 0.6 is 0 Å². The van der Waals surface area contributed by atoms with Gasteiger partial charge in [-0.25, -0.2) is 0 Å². The van der Waals surface area contributed by atoms with Gasteiger partial charge in [0.1, 0.15) is 0 Å². The van der Waals surface area contributed by atoms with Gasteiger partial charge in [-0.05, 0) is 37.7 Å². The van der Waals surface area contributed by atoms with Gasteiger partial charge >= 0.3 is 0 Å². The fourth-order valence-corrected chi connectivity index (χ4v) is 3.03. The molecule has 0 amide bonds. The highest BCUT2D eigenvalue weighted by atomic mass is 16.1. The van der Waals surface area contributed by atoms with Crippen LogP contribution in [0.1, 0.15) is 51.9 Å². The van der Waals surface area contributed by atoms with Gasteiger partial charge < -0.3 is 0 Å². The minimum absolute atomic E-state index is 0.336. The SMILES string of the molecule is CCC1C(=O)C=C2CCCCCCC21. The second-order valence-corrected chi connectivity index (χ2v) is 4.70. The molecule has 0 aliphatic heterocycles. The molecule has 1 fully saturated rings. The Kier molecular flexibility index (Phi) is 3.05. The Balaban J connectivity index is 2.12. The van der Waals surface area contributed by atoms with E-state index in [0.717, 1.165) is 6.42 Å². The van der Waals surface area contributed by atoms with Crippen LogP contribution in [0.2, 0.25) is 0 Å². The molecule has 1 nitrogen and oxygen atoms in total. The van der Waals surface area contributed by atoms with Gasteiger partial charge in [-0.15, -0.1) is 0 Å². The number of carbonyl (C=O) groups excluding carboxylic acids is 1. The second kappa shape index (κ2) is 4.29. The third kappa shape index (κ3) is 1.77. The van der Waals surface area contributed by atoms with Gasteiger partial charge in [-0.1, -0.05) is 31.8 Å². The number of carbonyl (C=O) groups is 1. The maximum atomic E-state index is 11.7. The summed E-state index contributed by atoms with van der Waals surface area (Å²) in [5.74, 6) is 1.37. The van der Waals surface area contributed by atoms with Crippen LogP contribution in [0.15, 0.2) is 11.6 Å². The quantitative estimate of drug-likeness (QED) is 0.621. The molecule has 0 aromatic rings.